The summed E-state index contributed by atoms with van der Waals surface area (Å²) >= 11 is 3.38. The molecule has 0 fully saturated rings. The Morgan fingerprint density at radius 3 is 2.48 bits per heavy atom. The zero-order valence-corrected chi connectivity index (χ0v) is 12.9. The van der Waals surface area contributed by atoms with E-state index in [2.05, 4.69) is 32.6 Å². The molecule has 4 nitrogen and oxygen atoms in total. The highest BCUT2D eigenvalue weighted by molar-refractivity contribution is 9.10. The van der Waals surface area contributed by atoms with E-state index in [4.69, 9.17) is 5.26 Å². The van der Waals surface area contributed by atoms with Crippen LogP contribution < -0.4 is 10.6 Å². The number of nitrogens with one attached hydrogen (secondary N) is 2. The van der Waals surface area contributed by atoms with Crippen molar-refractivity contribution in [3.8, 4) is 6.07 Å². The first kappa shape index (κ1) is 15.1. The van der Waals surface area contributed by atoms with Crippen molar-refractivity contribution in [2.75, 3.05) is 17.2 Å². The molecule has 2 aromatic carbocycles. The molecule has 0 aliphatic heterocycles. The van der Waals surface area contributed by atoms with E-state index in [9.17, 15) is 4.79 Å². The molecular formula is C16H14BrN3O. The fourth-order valence-electron chi connectivity index (χ4n) is 1.82. The van der Waals surface area contributed by atoms with E-state index in [-0.39, 0.29) is 5.91 Å². The third kappa shape index (κ3) is 4.33. The van der Waals surface area contributed by atoms with Crippen LogP contribution in [-0.2, 0) is 4.79 Å². The summed E-state index contributed by atoms with van der Waals surface area (Å²) < 4.78 is 0.848. The molecule has 0 aliphatic rings. The number of nitrogens with zero attached hydrogens (tertiary/aromatic N) is 1. The Hall–Kier alpha value is -2.32. The van der Waals surface area contributed by atoms with Crippen molar-refractivity contribution in [1.29, 1.82) is 5.26 Å². The lowest BCUT2D eigenvalue weighted by atomic mass is 10.2. The first-order chi connectivity index (χ1) is 10.2. The Balaban J connectivity index is 1.85. The van der Waals surface area contributed by atoms with Crippen molar-refractivity contribution in [3.05, 3.63) is 58.6 Å². The summed E-state index contributed by atoms with van der Waals surface area (Å²) in [5.41, 5.74) is 2.07. The van der Waals surface area contributed by atoms with Crippen LogP contribution in [0.1, 0.15) is 12.0 Å². The number of amides is 1. The number of hydrogen-bond donors (Lipinski definition) is 2. The maximum atomic E-state index is 11.9. The second kappa shape index (κ2) is 7.46. The van der Waals surface area contributed by atoms with E-state index in [0.29, 0.717) is 18.5 Å². The lowest BCUT2D eigenvalue weighted by molar-refractivity contribution is -0.115. The third-order valence-electron chi connectivity index (χ3n) is 2.86. The van der Waals surface area contributed by atoms with Gasteiger partial charge in [0.05, 0.1) is 16.9 Å². The fraction of sp³-hybridized carbons (Fsp3) is 0.125. The van der Waals surface area contributed by atoms with Gasteiger partial charge in [-0.05, 0) is 40.2 Å². The van der Waals surface area contributed by atoms with Crippen LogP contribution in [0.3, 0.4) is 0 Å². The first-order valence-electron chi connectivity index (χ1n) is 6.48. The fourth-order valence-corrected chi connectivity index (χ4v) is 2.20. The van der Waals surface area contributed by atoms with Gasteiger partial charge in [-0.15, -0.1) is 0 Å². The maximum absolute atomic E-state index is 11.9. The largest absolute Gasteiger partial charge is 0.383 e. The van der Waals surface area contributed by atoms with Crippen LogP contribution in [0.25, 0.3) is 0 Å². The summed E-state index contributed by atoms with van der Waals surface area (Å²) in [4.78, 5) is 11.9. The van der Waals surface area contributed by atoms with Crippen molar-refractivity contribution in [1.82, 2.24) is 0 Å². The molecule has 0 saturated heterocycles. The van der Waals surface area contributed by atoms with Crippen molar-refractivity contribution < 1.29 is 4.79 Å². The van der Waals surface area contributed by atoms with E-state index in [1.165, 1.54) is 0 Å². The van der Waals surface area contributed by atoms with Gasteiger partial charge in [-0.1, -0.05) is 24.3 Å². The van der Waals surface area contributed by atoms with Gasteiger partial charge in [-0.3, -0.25) is 4.79 Å². The predicted molar refractivity (Wildman–Crippen MR) is 87.0 cm³/mol. The molecule has 0 unspecified atom stereocenters. The molecule has 0 bridgehead atoms. The van der Waals surface area contributed by atoms with Crippen LogP contribution in [0, 0.1) is 11.3 Å². The summed E-state index contributed by atoms with van der Waals surface area (Å²) in [7, 11) is 0. The van der Waals surface area contributed by atoms with Crippen molar-refractivity contribution in [2.45, 2.75) is 6.42 Å². The highest BCUT2D eigenvalue weighted by Gasteiger charge is 2.05. The van der Waals surface area contributed by atoms with Gasteiger partial charge in [0.25, 0.3) is 0 Å². The molecule has 106 valence electrons. The molecule has 2 N–H and O–H groups in total. The number of carbonyl (C=O) groups excluding carboxylic acids is 1. The third-order valence-corrected chi connectivity index (χ3v) is 3.55. The van der Waals surface area contributed by atoms with E-state index < -0.39 is 0 Å². The molecule has 2 rings (SSSR count). The minimum absolute atomic E-state index is 0.0798. The summed E-state index contributed by atoms with van der Waals surface area (Å²) in [6.07, 6.45) is 0.321. The maximum Gasteiger partial charge on any atom is 0.226 e. The predicted octanol–water partition coefficient (Wildman–Crippen LogP) is 3.76. The molecule has 2 aromatic rings. The van der Waals surface area contributed by atoms with E-state index in [1.807, 2.05) is 42.5 Å². The number of para-hydroxylation sites is 2. The van der Waals surface area contributed by atoms with Crippen LogP contribution in [-0.4, -0.2) is 12.5 Å². The van der Waals surface area contributed by atoms with Gasteiger partial charge >= 0.3 is 0 Å². The SMILES string of the molecule is N#Cc1ccccc1NCCC(=O)Nc1ccccc1Br. The van der Waals surface area contributed by atoms with Gasteiger partial charge < -0.3 is 10.6 Å². The molecule has 0 radical (unpaired) electrons. The Bertz CT molecular complexity index is 679. The highest BCUT2D eigenvalue weighted by Crippen LogP contribution is 2.21. The quantitative estimate of drug-likeness (QED) is 0.868. The second-order valence-electron chi connectivity index (χ2n) is 4.36. The topological polar surface area (TPSA) is 64.9 Å². The minimum Gasteiger partial charge on any atom is -0.383 e. The Labute approximate surface area is 131 Å². The van der Waals surface area contributed by atoms with Gasteiger partial charge in [0.1, 0.15) is 6.07 Å². The summed E-state index contributed by atoms with van der Waals surface area (Å²) in [6, 6.07) is 16.8. The molecule has 0 heterocycles. The van der Waals surface area contributed by atoms with Crippen molar-refractivity contribution in [2.24, 2.45) is 0 Å². The molecular weight excluding hydrogens is 330 g/mol. The Kier molecular flexibility index (Phi) is 5.35. The zero-order valence-electron chi connectivity index (χ0n) is 11.3. The standard InChI is InChI=1S/C16H14BrN3O/c17-13-6-2-4-8-15(13)20-16(21)9-10-19-14-7-3-1-5-12(14)11-18/h1-8,19H,9-10H2,(H,20,21). The molecule has 0 aliphatic carbocycles. The number of anilines is 2. The number of rotatable bonds is 5. The molecule has 0 aromatic heterocycles. The number of halogens is 1. The smallest absolute Gasteiger partial charge is 0.226 e. The molecule has 5 heteroatoms. The van der Waals surface area contributed by atoms with Gasteiger partial charge in [-0.2, -0.15) is 5.26 Å². The number of nitriles is 1. The minimum atomic E-state index is -0.0798. The average Bonchev–Trinajstić information content (AvgIpc) is 2.50. The van der Waals surface area contributed by atoms with Crippen molar-refractivity contribution >= 4 is 33.2 Å². The van der Waals surface area contributed by atoms with E-state index in [1.54, 1.807) is 6.07 Å². The molecule has 1 amide bonds. The van der Waals surface area contributed by atoms with Gasteiger partial charge in [-0.25, -0.2) is 0 Å². The van der Waals surface area contributed by atoms with Gasteiger partial charge in [0.15, 0.2) is 0 Å². The summed E-state index contributed by atoms with van der Waals surface area (Å²) in [5.74, 6) is -0.0798. The summed E-state index contributed by atoms with van der Waals surface area (Å²) in [5, 5.41) is 14.9. The van der Waals surface area contributed by atoms with Crippen LogP contribution in [0.2, 0.25) is 0 Å². The number of benzene rings is 2. The van der Waals surface area contributed by atoms with Crippen LogP contribution in [0.4, 0.5) is 11.4 Å². The number of hydrogen-bond acceptors (Lipinski definition) is 3. The summed E-state index contributed by atoms with van der Waals surface area (Å²) in [6.45, 7) is 0.467. The number of carbonyl (C=O) groups is 1. The lowest BCUT2D eigenvalue weighted by Gasteiger charge is -2.09. The zero-order chi connectivity index (χ0) is 15.1. The van der Waals surface area contributed by atoms with Crippen LogP contribution in [0.5, 0.6) is 0 Å². The van der Waals surface area contributed by atoms with Gasteiger partial charge in [0.2, 0.25) is 5.91 Å². The Morgan fingerprint density at radius 2 is 1.76 bits per heavy atom. The highest BCUT2D eigenvalue weighted by atomic mass is 79.9. The molecule has 0 spiro atoms. The average molecular weight is 344 g/mol. The Morgan fingerprint density at radius 1 is 1.10 bits per heavy atom. The van der Waals surface area contributed by atoms with Crippen molar-refractivity contribution in [3.63, 3.8) is 0 Å². The molecule has 0 saturated carbocycles. The van der Waals surface area contributed by atoms with E-state index >= 15 is 0 Å². The monoisotopic (exact) mass is 343 g/mol. The normalized spacial score (nSPS) is 9.71. The van der Waals surface area contributed by atoms with Gasteiger partial charge in [0, 0.05) is 17.4 Å². The lowest BCUT2D eigenvalue weighted by Crippen LogP contribution is -2.16. The van der Waals surface area contributed by atoms with E-state index in [0.717, 1.165) is 15.8 Å². The second-order valence-corrected chi connectivity index (χ2v) is 5.22. The first-order valence-corrected chi connectivity index (χ1v) is 7.27. The van der Waals surface area contributed by atoms with Crippen LogP contribution >= 0.6 is 15.9 Å². The van der Waals surface area contributed by atoms with Crippen LogP contribution in [0.15, 0.2) is 53.0 Å². The molecule has 21 heavy (non-hydrogen) atoms. The molecule has 0 atom stereocenters.